The van der Waals surface area contributed by atoms with Crippen LogP contribution < -0.4 is 10.9 Å². The number of Topliss-reactive ketones (excluding diaryl/α,β-unsaturated/α-hetero) is 2. The Morgan fingerprint density at radius 2 is 0.821 bits per heavy atom. The van der Waals surface area contributed by atoms with E-state index in [9.17, 15) is 71.7 Å². The highest BCUT2D eigenvalue weighted by Crippen LogP contribution is 2.35. The maximum atomic E-state index is 13.2. The summed E-state index contributed by atoms with van der Waals surface area (Å²) in [6, 6.07) is 13.0. The van der Waals surface area contributed by atoms with Crippen LogP contribution in [0.1, 0.15) is 31.8 Å². The predicted molar refractivity (Wildman–Crippen MR) is 198 cm³/mol. The Bertz CT molecular complexity index is 2820. The number of phenolic OH excluding ortho intramolecular Hbond substituents is 2. The van der Waals surface area contributed by atoms with E-state index in [-0.39, 0.29) is 44.8 Å². The smallest absolute Gasteiger partial charge is 0.296 e. The fourth-order valence-corrected chi connectivity index (χ4v) is 7.75. The van der Waals surface area contributed by atoms with Gasteiger partial charge in [-0.3, -0.25) is 38.7 Å². The van der Waals surface area contributed by atoms with Crippen LogP contribution in [-0.4, -0.2) is 85.1 Å². The minimum Gasteiger partial charge on any atom is -0.506 e. The van der Waals surface area contributed by atoms with Crippen molar-refractivity contribution < 1.29 is 71.7 Å². The number of benzene rings is 4. The van der Waals surface area contributed by atoms with Crippen LogP contribution in [0.15, 0.2) is 103 Å². The zero-order valence-electron chi connectivity index (χ0n) is 27.4. The molecule has 24 heteroatoms. The van der Waals surface area contributed by atoms with Crippen molar-refractivity contribution in [1.82, 2.24) is 0 Å². The molecule has 20 nitrogen and oxygen atoms in total. The Hall–Kier alpha value is -6.12. The topological polar surface area (TPSA) is 341 Å². The fourth-order valence-electron chi connectivity index (χ4n) is 5.40. The maximum absolute atomic E-state index is 13.2. The molecular weight excluding hydrogens is 825 g/mol. The van der Waals surface area contributed by atoms with Crippen molar-refractivity contribution >= 4 is 87.0 Å². The molecule has 0 atom stereocenters. The molecule has 0 saturated heterocycles. The summed E-state index contributed by atoms with van der Waals surface area (Å²) >= 11 is 0. The van der Waals surface area contributed by atoms with E-state index in [1.807, 2.05) is 0 Å². The monoisotopic (exact) mass is 846 g/mol. The number of rotatable bonds is 9. The maximum Gasteiger partial charge on any atom is 0.296 e. The first-order chi connectivity index (χ1) is 25.9. The third-order valence-electron chi connectivity index (χ3n) is 8.06. The number of hydrogen-bond acceptors (Lipinski definition) is 16. The van der Waals surface area contributed by atoms with Gasteiger partial charge in [0.05, 0.1) is 21.2 Å². The molecule has 0 amide bonds. The Kier molecular flexibility index (Phi) is 9.80. The van der Waals surface area contributed by atoms with Crippen molar-refractivity contribution in [2.24, 2.45) is 10.2 Å². The van der Waals surface area contributed by atoms with Gasteiger partial charge < -0.3 is 10.2 Å². The van der Waals surface area contributed by atoms with E-state index in [2.05, 4.69) is 21.1 Å². The quantitative estimate of drug-likeness (QED) is 0.0681. The zero-order chi connectivity index (χ0) is 41.1. The average Bonchev–Trinajstić information content (AvgIpc) is 3.09. The van der Waals surface area contributed by atoms with Crippen molar-refractivity contribution in [3.63, 3.8) is 0 Å². The molecule has 0 aliphatic heterocycles. The first-order valence-electron chi connectivity index (χ1n) is 15.0. The lowest BCUT2D eigenvalue weighted by atomic mass is 9.95. The van der Waals surface area contributed by atoms with E-state index in [1.54, 1.807) is 0 Å². The molecule has 4 aromatic carbocycles. The molecule has 290 valence electrons. The van der Waals surface area contributed by atoms with Gasteiger partial charge in [0.1, 0.15) is 21.3 Å². The van der Waals surface area contributed by atoms with Gasteiger partial charge in [-0.1, -0.05) is 12.1 Å². The summed E-state index contributed by atoms with van der Waals surface area (Å²) in [6.07, 6.45) is 1.53. The van der Waals surface area contributed by atoms with E-state index in [4.69, 9.17) is 0 Å². The molecule has 6 rings (SSSR count). The number of nitrogens with one attached hydrogen (secondary N) is 2. The van der Waals surface area contributed by atoms with Crippen LogP contribution in [0.5, 0.6) is 11.5 Å². The van der Waals surface area contributed by atoms with Gasteiger partial charge in [-0.25, -0.2) is 0 Å². The molecule has 2 aliphatic carbocycles. The first kappa shape index (κ1) is 39.6. The lowest BCUT2D eigenvalue weighted by Gasteiger charge is -2.17. The highest BCUT2D eigenvalue weighted by molar-refractivity contribution is 7.91. The fraction of sp³-hybridized carbons (Fsp3) is 0. The number of carbonyl (C=O) groups is 2. The first-order valence-corrected chi connectivity index (χ1v) is 20.7. The molecule has 0 saturated carbocycles. The van der Waals surface area contributed by atoms with Crippen LogP contribution in [0.4, 0.5) is 11.4 Å². The third-order valence-corrected chi connectivity index (χ3v) is 11.5. The van der Waals surface area contributed by atoms with E-state index in [0.29, 0.717) is 0 Å². The number of hydrogen-bond donors (Lipinski definition) is 8. The van der Waals surface area contributed by atoms with E-state index >= 15 is 0 Å². The molecule has 2 aliphatic rings. The standard InChI is InChI=1S/C32H22N4O16S4/c37-25-11-15(1-7-23(25)33-35-29-27(55(47,48)49)13-17-9-19(53(41,42)43)3-5-21(17)31(29)39)16-2-8-24(26(38)12-16)34-36-30-28(56(50,51)52)14-18-10-20(54(44,45)46)4-6-22(18)32(30)40/h1-14,33-34,37-38H,(H,41,42,43)(H,44,45,46)(H,47,48,49)(H,50,51,52). The summed E-state index contributed by atoms with van der Waals surface area (Å²) in [7, 11) is -19.7. The van der Waals surface area contributed by atoms with Gasteiger partial charge in [0.15, 0.2) is 11.4 Å². The Morgan fingerprint density at radius 3 is 1.12 bits per heavy atom. The van der Waals surface area contributed by atoms with Crippen LogP contribution in [0.2, 0.25) is 0 Å². The normalized spacial score (nSPS) is 16.2. The summed E-state index contributed by atoms with van der Waals surface area (Å²) < 4.78 is 133. The molecular formula is C32H22N4O16S4. The second-order valence-electron chi connectivity index (χ2n) is 11.7. The largest absolute Gasteiger partial charge is 0.506 e. The summed E-state index contributed by atoms with van der Waals surface area (Å²) in [5.74, 6) is -3.15. The molecule has 56 heavy (non-hydrogen) atoms. The second kappa shape index (κ2) is 13.9. The Balaban J connectivity index is 1.25. The number of carbonyl (C=O) groups excluding carboxylic acids is 2. The number of ketones is 2. The minimum atomic E-state index is -5.13. The predicted octanol–water partition coefficient (Wildman–Crippen LogP) is 3.04. The molecule has 0 fully saturated rings. The number of allylic oxidation sites excluding steroid dienone is 2. The number of fused-ring (bicyclic) bond motifs is 2. The van der Waals surface area contributed by atoms with Crippen molar-refractivity contribution in [1.29, 1.82) is 0 Å². The van der Waals surface area contributed by atoms with Crippen molar-refractivity contribution in [3.8, 4) is 22.6 Å². The summed E-state index contributed by atoms with van der Waals surface area (Å²) in [5, 5.41) is 28.9. The Labute approximate surface area is 315 Å². The molecule has 0 heterocycles. The number of aromatic hydroxyl groups is 2. The van der Waals surface area contributed by atoms with Crippen LogP contribution in [0.25, 0.3) is 23.3 Å². The highest BCUT2D eigenvalue weighted by atomic mass is 32.2. The van der Waals surface area contributed by atoms with Crippen LogP contribution in [0.3, 0.4) is 0 Å². The minimum absolute atomic E-state index is 0.176. The summed E-state index contributed by atoms with van der Waals surface area (Å²) in [6.45, 7) is 0. The van der Waals surface area contributed by atoms with Gasteiger partial charge >= 0.3 is 0 Å². The van der Waals surface area contributed by atoms with Crippen LogP contribution in [0, 0.1) is 0 Å². The van der Waals surface area contributed by atoms with Gasteiger partial charge in [-0.2, -0.15) is 43.9 Å². The molecule has 8 N–H and O–H groups in total. The van der Waals surface area contributed by atoms with E-state index in [0.717, 1.165) is 48.6 Å². The van der Waals surface area contributed by atoms with E-state index < -0.39 is 94.6 Å². The van der Waals surface area contributed by atoms with Gasteiger partial charge in [0.25, 0.3) is 40.5 Å². The lowest BCUT2D eigenvalue weighted by Crippen LogP contribution is -2.27. The van der Waals surface area contributed by atoms with Crippen molar-refractivity contribution in [2.45, 2.75) is 9.79 Å². The Morgan fingerprint density at radius 1 is 0.464 bits per heavy atom. The number of nitrogens with zero attached hydrogens (tertiary/aromatic N) is 2. The van der Waals surface area contributed by atoms with Gasteiger partial charge in [0, 0.05) is 11.1 Å². The second-order valence-corrected chi connectivity index (χ2v) is 17.3. The van der Waals surface area contributed by atoms with Crippen molar-refractivity contribution in [2.75, 3.05) is 10.9 Å². The average molecular weight is 847 g/mol. The van der Waals surface area contributed by atoms with Gasteiger partial charge in [0.2, 0.25) is 11.6 Å². The van der Waals surface area contributed by atoms with Crippen LogP contribution >= 0.6 is 0 Å². The van der Waals surface area contributed by atoms with Gasteiger partial charge in [-0.15, -0.1) is 0 Å². The van der Waals surface area contributed by atoms with Crippen LogP contribution in [-0.2, 0) is 40.5 Å². The van der Waals surface area contributed by atoms with E-state index in [1.165, 1.54) is 36.4 Å². The number of hydrazone groups is 2. The molecule has 0 spiro atoms. The van der Waals surface area contributed by atoms with Crippen molar-refractivity contribution in [3.05, 3.63) is 105 Å². The van der Waals surface area contributed by atoms with Gasteiger partial charge in [-0.05, 0) is 95.1 Å². The number of anilines is 2. The SMILES string of the molecule is O=C1C(=NNc2ccc(-c3ccc(NN=C4C(=O)c5ccc(S(=O)(=O)O)cc5C=C4S(=O)(=O)O)c(O)c3)cc2O)C(S(=O)(=O)O)=Cc2cc(S(=O)(=O)O)ccc21. The molecule has 4 aromatic rings. The lowest BCUT2D eigenvalue weighted by molar-refractivity contribution is 0.105. The molecule has 0 radical (unpaired) electrons. The molecule has 0 bridgehead atoms. The molecule has 0 aromatic heterocycles. The number of phenols is 2. The molecule has 0 unspecified atom stereocenters. The summed E-state index contributed by atoms with van der Waals surface area (Å²) in [4.78, 5) is 23.0. The zero-order valence-corrected chi connectivity index (χ0v) is 30.6. The summed E-state index contributed by atoms with van der Waals surface area (Å²) in [5.41, 5.74) is 2.21. The third kappa shape index (κ3) is 7.84. The highest BCUT2D eigenvalue weighted by Gasteiger charge is 2.35.